The van der Waals surface area contributed by atoms with Crippen molar-refractivity contribution in [3.8, 4) is 0 Å². The monoisotopic (exact) mass is 275 g/mol. The van der Waals surface area contributed by atoms with Gasteiger partial charge in [0, 0.05) is 25.9 Å². The molecule has 0 aliphatic carbocycles. The lowest BCUT2D eigenvalue weighted by Gasteiger charge is -2.25. The van der Waals surface area contributed by atoms with Crippen LogP contribution < -0.4 is 0 Å². The normalized spacial score (nSPS) is 18.4. The molecule has 1 heterocycles. The molecule has 1 atom stereocenters. The third-order valence-corrected chi connectivity index (χ3v) is 3.64. The second-order valence-corrected chi connectivity index (χ2v) is 5.18. The molecule has 1 aliphatic heterocycles. The fourth-order valence-electron chi connectivity index (χ4n) is 2.63. The maximum Gasteiger partial charge on any atom is 0.302 e. The van der Waals surface area contributed by atoms with Crippen molar-refractivity contribution in [1.82, 2.24) is 4.90 Å². The summed E-state index contributed by atoms with van der Waals surface area (Å²) >= 11 is 0. The third-order valence-electron chi connectivity index (χ3n) is 3.64. The van der Waals surface area contributed by atoms with Gasteiger partial charge in [-0.05, 0) is 24.8 Å². The summed E-state index contributed by atoms with van der Waals surface area (Å²) in [5, 5.41) is 0. The molecule has 1 fully saturated rings. The van der Waals surface area contributed by atoms with E-state index in [1.165, 1.54) is 6.92 Å². The summed E-state index contributed by atoms with van der Waals surface area (Å²) in [6.45, 7) is 2.54. The zero-order valence-electron chi connectivity index (χ0n) is 11.9. The van der Waals surface area contributed by atoms with Crippen molar-refractivity contribution in [1.29, 1.82) is 0 Å². The van der Waals surface area contributed by atoms with Crippen molar-refractivity contribution < 1.29 is 14.3 Å². The van der Waals surface area contributed by atoms with Crippen LogP contribution in [0.15, 0.2) is 30.3 Å². The number of amides is 1. The van der Waals surface area contributed by atoms with E-state index in [2.05, 4.69) is 0 Å². The second-order valence-electron chi connectivity index (χ2n) is 5.18. The Morgan fingerprint density at radius 2 is 2.10 bits per heavy atom. The first-order chi connectivity index (χ1) is 9.66. The van der Waals surface area contributed by atoms with Crippen molar-refractivity contribution in [3.05, 3.63) is 35.9 Å². The van der Waals surface area contributed by atoms with E-state index < -0.39 is 0 Å². The number of carbonyl (C=O) groups excluding carboxylic acids is 2. The van der Waals surface area contributed by atoms with Crippen molar-refractivity contribution in [2.24, 2.45) is 0 Å². The molecular formula is C16H21NO3. The minimum absolute atomic E-state index is 0.228. The molecule has 0 radical (unpaired) electrons. The highest BCUT2D eigenvalue weighted by Gasteiger charge is 2.30. The summed E-state index contributed by atoms with van der Waals surface area (Å²) in [7, 11) is 0. The van der Waals surface area contributed by atoms with Crippen molar-refractivity contribution in [3.63, 3.8) is 0 Å². The summed E-state index contributed by atoms with van der Waals surface area (Å²) in [6, 6.07) is 10.3. The Morgan fingerprint density at radius 3 is 2.80 bits per heavy atom. The zero-order chi connectivity index (χ0) is 14.4. The van der Waals surface area contributed by atoms with Crippen LogP contribution >= 0.6 is 0 Å². The maximum absolute atomic E-state index is 12.0. The number of esters is 1. The fourth-order valence-corrected chi connectivity index (χ4v) is 2.63. The van der Waals surface area contributed by atoms with E-state index in [4.69, 9.17) is 4.74 Å². The Hall–Kier alpha value is -1.84. The standard InChI is InChI=1S/C16H21NO3/c1-13(18)20-11-5-8-15-9-10-16(19)17(15)12-14-6-3-2-4-7-14/h2-4,6-7,15H,5,8-12H2,1H3. The Labute approximate surface area is 119 Å². The SMILES string of the molecule is CC(=O)OCCCC1CCC(=O)N1Cc1ccccc1. The number of benzene rings is 1. The largest absolute Gasteiger partial charge is 0.466 e. The van der Waals surface area contributed by atoms with Gasteiger partial charge in [0.15, 0.2) is 0 Å². The van der Waals surface area contributed by atoms with E-state index >= 15 is 0 Å². The van der Waals surface area contributed by atoms with Gasteiger partial charge >= 0.3 is 5.97 Å². The third kappa shape index (κ3) is 4.08. The maximum atomic E-state index is 12.0. The molecular weight excluding hydrogens is 254 g/mol. The molecule has 1 aromatic rings. The van der Waals surface area contributed by atoms with Crippen LogP contribution in [-0.4, -0.2) is 29.4 Å². The molecule has 1 unspecified atom stereocenters. The average molecular weight is 275 g/mol. The zero-order valence-corrected chi connectivity index (χ0v) is 11.9. The average Bonchev–Trinajstić information content (AvgIpc) is 2.77. The summed E-state index contributed by atoms with van der Waals surface area (Å²) in [6.07, 6.45) is 3.24. The number of carbonyl (C=O) groups is 2. The molecule has 1 aromatic carbocycles. The van der Waals surface area contributed by atoms with Crippen LogP contribution in [0.2, 0.25) is 0 Å². The molecule has 108 valence electrons. The van der Waals surface area contributed by atoms with Crippen molar-refractivity contribution >= 4 is 11.9 Å². The highest BCUT2D eigenvalue weighted by molar-refractivity contribution is 5.78. The van der Waals surface area contributed by atoms with Crippen LogP contribution in [0.3, 0.4) is 0 Å². The molecule has 2 rings (SSSR count). The lowest BCUT2D eigenvalue weighted by molar-refractivity contribution is -0.141. The predicted molar refractivity (Wildman–Crippen MR) is 75.9 cm³/mol. The molecule has 4 heteroatoms. The van der Waals surface area contributed by atoms with Gasteiger partial charge in [0.25, 0.3) is 0 Å². The number of hydrogen-bond donors (Lipinski definition) is 0. The number of hydrogen-bond acceptors (Lipinski definition) is 3. The lowest BCUT2D eigenvalue weighted by atomic mass is 10.1. The molecule has 0 N–H and O–H groups in total. The molecule has 0 aromatic heterocycles. The van der Waals surface area contributed by atoms with Gasteiger partial charge in [-0.25, -0.2) is 0 Å². The first-order valence-corrected chi connectivity index (χ1v) is 7.13. The van der Waals surface area contributed by atoms with Gasteiger partial charge in [-0.2, -0.15) is 0 Å². The van der Waals surface area contributed by atoms with Crippen LogP contribution in [0, 0.1) is 0 Å². The molecule has 1 amide bonds. The number of rotatable bonds is 6. The Bertz CT molecular complexity index is 458. The topological polar surface area (TPSA) is 46.6 Å². The Kier molecular flexibility index (Phi) is 5.16. The Balaban J connectivity index is 1.85. The second kappa shape index (κ2) is 7.08. The minimum Gasteiger partial charge on any atom is -0.466 e. The van der Waals surface area contributed by atoms with Crippen molar-refractivity contribution in [2.45, 2.75) is 45.2 Å². The number of nitrogens with zero attached hydrogens (tertiary/aromatic N) is 1. The van der Waals surface area contributed by atoms with Gasteiger partial charge in [-0.15, -0.1) is 0 Å². The summed E-state index contributed by atoms with van der Waals surface area (Å²) in [4.78, 5) is 24.6. The van der Waals surface area contributed by atoms with Crippen molar-refractivity contribution in [2.75, 3.05) is 6.61 Å². The molecule has 0 bridgehead atoms. The van der Waals surface area contributed by atoms with Gasteiger partial charge < -0.3 is 9.64 Å². The van der Waals surface area contributed by atoms with Gasteiger partial charge in [0.1, 0.15) is 0 Å². The molecule has 1 aliphatic rings. The van der Waals surface area contributed by atoms with E-state index in [9.17, 15) is 9.59 Å². The highest BCUT2D eigenvalue weighted by atomic mass is 16.5. The quantitative estimate of drug-likeness (QED) is 0.592. The Morgan fingerprint density at radius 1 is 1.35 bits per heavy atom. The van der Waals surface area contributed by atoms with E-state index in [1.54, 1.807) is 0 Å². The predicted octanol–water partition coefficient (Wildman–Crippen LogP) is 2.52. The van der Waals surface area contributed by atoms with Gasteiger partial charge in [-0.1, -0.05) is 30.3 Å². The van der Waals surface area contributed by atoms with Crippen LogP contribution in [-0.2, 0) is 20.9 Å². The first kappa shape index (κ1) is 14.6. The summed E-state index contributed by atoms with van der Waals surface area (Å²) < 4.78 is 4.94. The van der Waals surface area contributed by atoms with Gasteiger partial charge in [0.2, 0.25) is 5.91 Å². The van der Waals surface area contributed by atoms with Crippen LogP contribution in [0.1, 0.15) is 38.2 Å². The summed E-state index contributed by atoms with van der Waals surface area (Å²) in [5.41, 5.74) is 1.16. The van der Waals surface area contributed by atoms with E-state index in [-0.39, 0.29) is 17.9 Å². The van der Waals surface area contributed by atoms with Crippen LogP contribution in [0.4, 0.5) is 0 Å². The molecule has 20 heavy (non-hydrogen) atoms. The summed E-state index contributed by atoms with van der Waals surface area (Å²) in [5.74, 6) is -0.0139. The number of ether oxygens (including phenoxy) is 1. The molecule has 0 saturated carbocycles. The van der Waals surface area contributed by atoms with E-state index in [1.807, 2.05) is 35.2 Å². The fraction of sp³-hybridized carbons (Fsp3) is 0.500. The van der Waals surface area contributed by atoms with Gasteiger partial charge in [0.05, 0.1) is 6.61 Å². The van der Waals surface area contributed by atoms with Gasteiger partial charge in [-0.3, -0.25) is 9.59 Å². The minimum atomic E-state index is -0.242. The van der Waals surface area contributed by atoms with Crippen LogP contribution in [0.25, 0.3) is 0 Å². The number of likely N-dealkylation sites (tertiary alicyclic amines) is 1. The van der Waals surface area contributed by atoms with E-state index in [0.29, 0.717) is 19.6 Å². The molecule has 4 nitrogen and oxygen atoms in total. The highest BCUT2D eigenvalue weighted by Crippen LogP contribution is 2.24. The van der Waals surface area contributed by atoms with E-state index in [0.717, 1.165) is 24.8 Å². The molecule has 0 spiro atoms. The first-order valence-electron chi connectivity index (χ1n) is 7.13. The molecule has 1 saturated heterocycles. The smallest absolute Gasteiger partial charge is 0.302 e. The van der Waals surface area contributed by atoms with Crippen LogP contribution in [0.5, 0.6) is 0 Å². The lowest BCUT2D eigenvalue weighted by Crippen LogP contribution is -2.32.